The van der Waals surface area contributed by atoms with Gasteiger partial charge in [-0.15, -0.1) is 0 Å². The highest BCUT2D eigenvalue weighted by Gasteiger charge is 2.31. The van der Waals surface area contributed by atoms with Crippen molar-refractivity contribution in [3.8, 4) is 5.75 Å². The maximum Gasteiger partial charge on any atom is 0.272 e. The van der Waals surface area contributed by atoms with Crippen molar-refractivity contribution < 1.29 is 23.9 Å². The van der Waals surface area contributed by atoms with Gasteiger partial charge in [-0.1, -0.05) is 13.0 Å². The Hall–Kier alpha value is -3.46. The van der Waals surface area contributed by atoms with E-state index in [0.29, 0.717) is 35.8 Å². The fraction of sp³-hybridized carbons (Fsp3) is 0.440. The summed E-state index contributed by atoms with van der Waals surface area (Å²) in [5.74, 6) is -0.367. The van der Waals surface area contributed by atoms with E-state index in [1.54, 1.807) is 66.6 Å². The number of nitrogens with zero attached hydrogens (tertiary/aromatic N) is 3. The van der Waals surface area contributed by atoms with E-state index in [2.05, 4.69) is 10.3 Å². The van der Waals surface area contributed by atoms with E-state index < -0.39 is 0 Å². The molecule has 1 aliphatic heterocycles. The summed E-state index contributed by atoms with van der Waals surface area (Å²) in [6.45, 7) is 6.19. The molecule has 1 N–H and O–H groups in total. The molecular formula is C25H32N4O5. The van der Waals surface area contributed by atoms with Crippen LogP contribution >= 0.6 is 0 Å². The number of likely N-dealkylation sites (N-methyl/N-ethyl adjacent to an activating group) is 1. The molecular weight excluding hydrogens is 436 g/mol. The van der Waals surface area contributed by atoms with E-state index in [1.165, 1.54) is 6.92 Å². The minimum Gasteiger partial charge on any atom is -0.491 e. The van der Waals surface area contributed by atoms with Crippen LogP contribution < -0.4 is 10.1 Å². The second kappa shape index (κ2) is 11.1. The maximum absolute atomic E-state index is 13.4. The first-order valence-corrected chi connectivity index (χ1v) is 11.3. The molecule has 0 fully saturated rings. The van der Waals surface area contributed by atoms with Crippen molar-refractivity contribution in [2.75, 3.05) is 39.2 Å². The number of nitrogens with one attached hydrogen (secondary N) is 1. The van der Waals surface area contributed by atoms with Gasteiger partial charge in [-0.3, -0.25) is 19.4 Å². The average molecular weight is 469 g/mol. The Morgan fingerprint density at radius 3 is 2.59 bits per heavy atom. The summed E-state index contributed by atoms with van der Waals surface area (Å²) in [6.07, 6.45) is 1.30. The van der Waals surface area contributed by atoms with Crippen LogP contribution in [0.4, 0.5) is 5.69 Å². The molecule has 0 spiro atoms. The summed E-state index contributed by atoms with van der Waals surface area (Å²) in [6, 6.07) is 9.84. The van der Waals surface area contributed by atoms with Crippen LogP contribution in [0.25, 0.3) is 0 Å². The highest BCUT2D eigenvalue weighted by molar-refractivity contribution is 5.98. The third-order valence-corrected chi connectivity index (χ3v) is 5.91. The second-order valence-electron chi connectivity index (χ2n) is 8.66. The summed E-state index contributed by atoms with van der Waals surface area (Å²) in [5, 5.41) is 2.71. The van der Waals surface area contributed by atoms with Gasteiger partial charge in [-0.2, -0.15) is 0 Å². The van der Waals surface area contributed by atoms with Crippen molar-refractivity contribution in [1.29, 1.82) is 0 Å². The number of anilines is 1. The zero-order valence-electron chi connectivity index (χ0n) is 20.3. The molecule has 3 rings (SSSR count). The molecule has 0 radical (unpaired) electrons. The standard InChI is InChI=1S/C25H32N4O5/c1-16-13-29(25(32)21-8-6-7-11-26-21)17(2)15-34-22-12-19(27-18(3)30)9-10-20(22)24(31)28(4)14-23(16)33-5/h6-12,16-17,23H,13-15H2,1-5H3,(H,27,30)/t16-,17+,23-/m1/s1. The number of amides is 3. The second-order valence-corrected chi connectivity index (χ2v) is 8.66. The lowest BCUT2D eigenvalue weighted by atomic mass is 10.0. The largest absolute Gasteiger partial charge is 0.491 e. The number of rotatable bonds is 3. The molecule has 3 amide bonds. The molecule has 0 aliphatic carbocycles. The summed E-state index contributed by atoms with van der Waals surface area (Å²) >= 11 is 0. The predicted octanol–water partition coefficient (Wildman–Crippen LogP) is 2.69. The molecule has 2 heterocycles. The van der Waals surface area contributed by atoms with E-state index >= 15 is 0 Å². The Morgan fingerprint density at radius 2 is 1.94 bits per heavy atom. The van der Waals surface area contributed by atoms with Gasteiger partial charge >= 0.3 is 0 Å². The van der Waals surface area contributed by atoms with Crippen LogP contribution in [-0.2, 0) is 9.53 Å². The molecule has 9 nitrogen and oxygen atoms in total. The zero-order chi connectivity index (χ0) is 24.8. The van der Waals surface area contributed by atoms with Crippen LogP contribution in [0.5, 0.6) is 5.75 Å². The van der Waals surface area contributed by atoms with Crippen molar-refractivity contribution >= 4 is 23.4 Å². The molecule has 182 valence electrons. The average Bonchev–Trinajstić information content (AvgIpc) is 2.82. The first-order chi connectivity index (χ1) is 16.2. The first-order valence-electron chi connectivity index (χ1n) is 11.3. The lowest BCUT2D eigenvalue weighted by molar-refractivity contribution is -0.114. The molecule has 34 heavy (non-hydrogen) atoms. The van der Waals surface area contributed by atoms with Gasteiger partial charge in [-0.05, 0) is 31.2 Å². The predicted molar refractivity (Wildman–Crippen MR) is 128 cm³/mol. The molecule has 0 saturated carbocycles. The van der Waals surface area contributed by atoms with Gasteiger partial charge in [0.2, 0.25) is 5.91 Å². The fourth-order valence-corrected chi connectivity index (χ4v) is 3.97. The van der Waals surface area contributed by atoms with Crippen molar-refractivity contribution in [1.82, 2.24) is 14.8 Å². The Morgan fingerprint density at radius 1 is 1.18 bits per heavy atom. The van der Waals surface area contributed by atoms with E-state index in [0.717, 1.165) is 0 Å². The van der Waals surface area contributed by atoms with Crippen molar-refractivity contribution in [2.45, 2.75) is 32.9 Å². The normalized spacial score (nSPS) is 21.6. The first kappa shape index (κ1) is 25.2. The van der Waals surface area contributed by atoms with Crippen molar-refractivity contribution in [3.05, 3.63) is 53.9 Å². The molecule has 3 atom stereocenters. The number of fused-ring (bicyclic) bond motifs is 1. The smallest absolute Gasteiger partial charge is 0.272 e. The summed E-state index contributed by atoms with van der Waals surface area (Å²) in [5.41, 5.74) is 1.24. The minimum atomic E-state index is -0.320. The van der Waals surface area contributed by atoms with Crippen LogP contribution in [0.15, 0.2) is 42.6 Å². The van der Waals surface area contributed by atoms with Crippen molar-refractivity contribution in [2.24, 2.45) is 5.92 Å². The van der Waals surface area contributed by atoms with E-state index in [1.807, 2.05) is 13.8 Å². The Balaban J connectivity index is 2.00. The maximum atomic E-state index is 13.4. The van der Waals surface area contributed by atoms with E-state index in [4.69, 9.17) is 9.47 Å². The van der Waals surface area contributed by atoms with Gasteiger partial charge in [0.05, 0.1) is 17.7 Å². The monoisotopic (exact) mass is 468 g/mol. The molecule has 1 aliphatic rings. The number of aromatic nitrogens is 1. The number of hydrogen-bond acceptors (Lipinski definition) is 6. The Bertz CT molecular complexity index is 1030. The van der Waals surface area contributed by atoms with E-state index in [-0.39, 0.29) is 42.4 Å². The van der Waals surface area contributed by atoms with E-state index in [9.17, 15) is 14.4 Å². The summed E-state index contributed by atoms with van der Waals surface area (Å²) < 4.78 is 11.8. The van der Waals surface area contributed by atoms with Gasteiger partial charge in [0.25, 0.3) is 11.8 Å². The summed E-state index contributed by atoms with van der Waals surface area (Å²) in [4.78, 5) is 45.6. The topological polar surface area (TPSA) is 101 Å². The van der Waals surface area contributed by atoms with Crippen LogP contribution in [0.1, 0.15) is 41.6 Å². The molecule has 1 aromatic carbocycles. The SMILES string of the molecule is CO[C@@H]1CN(C)C(=O)c2ccc(NC(C)=O)cc2OC[C@H](C)N(C(=O)c2ccccn2)C[C@H]1C. The number of carbonyl (C=O) groups is 3. The number of benzene rings is 1. The lowest BCUT2D eigenvalue weighted by Crippen LogP contribution is -2.48. The van der Waals surface area contributed by atoms with Crippen LogP contribution in [0.3, 0.4) is 0 Å². The number of carbonyl (C=O) groups excluding carboxylic acids is 3. The third kappa shape index (κ3) is 5.91. The highest BCUT2D eigenvalue weighted by Crippen LogP contribution is 2.27. The number of hydrogen-bond donors (Lipinski definition) is 1. The number of ether oxygens (including phenoxy) is 2. The van der Waals surface area contributed by atoms with Crippen molar-refractivity contribution in [3.63, 3.8) is 0 Å². The number of methoxy groups -OCH3 is 1. The quantitative estimate of drug-likeness (QED) is 0.743. The van der Waals surface area contributed by atoms with Gasteiger partial charge in [0.1, 0.15) is 18.1 Å². The molecule has 2 aromatic rings. The van der Waals surface area contributed by atoms with Crippen LogP contribution in [-0.4, -0.2) is 78.5 Å². The van der Waals surface area contributed by atoms with Crippen LogP contribution in [0.2, 0.25) is 0 Å². The Labute approximate surface area is 200 Å². The third-order valence-electron chi connectivity index (χ3n) is 5.91. The van der Waals surface area contributed by atoms with Gasteiger partial charge < -0.3 is 24.6 Å². The number of pyridine rings is 1. The molecule has 0 saturated heterocycles. The van der Waals surface area contributed by atoms with Gasteiger partial charge in [-0.25, -0.2) is 0 Å². The molecule has 9 heteroatoms. The fourth-order valence-electron chi connectivity index (χ4n) is 3.97. The Kier molecular flexibility index (Phi) is 8.22. The van der Waals surface area contributed by atoms with Gasteiger partial charge in [0.15, 0.2) is 0 Å². The summed E-state index contributed by atoms with van der Waals surface area (Å²) in [7, 11) is 3.31. The van der Waals surface area contributed by atoms with Crippen LogP contribution in [0, 0.1) is 5.92 Å². The molecule has 1 aromatic heterocycles. The highest BCUT2D eigenvalue weighted by atomic mass is 16.5. The molecule has 0 unspecified atom stereocenters. The molecule has 0 bridgehead atoms. The lowest BCUT2D eigenvalue weighted by Gasteiger charge is -2.36. The van der Waals surface area contributed by atoms with Gasteiger partial charge in [0, 0.05) is 58.0 Å². The minimum absolute atomic E-state index is 0.0589. The zero-order valence-corrected chi connectivity index (χ0v) is 20.3.